The van der Waals surface area contributed by atoms with Gasteiger partial charge in [-0.15, -0.1) is 0 Å². The smallest absolute Gasteiger partial charge is 0.248 e. The number of aliphatic hydroxyl groups excluding tert-OH is 1. The third-order valence-corrected chi connectivity index (χ3v) is 2.21. The predicted octanol–water partition coefficient (Wildman–Crippen LogP) is 1.66. The topological polar surface area (TPSA) is 20.2 Å². The predicted molar refractivity (Wildman–Crippen MR) is 33.9 cm³/mol. The maximum absolute atomic E-state index is 12.2. The van der Waals surface area contributed by atoms with Crippen LogP contribution in [0.5, 0.6) is 0 Å². The van der Waals surface area contributed by atoms with Gasteiger partial charge in [0.25, 0.3) is 0 Å². The van der Waals surface area contributed by atoms with Gasteiger partial charge >= 0.3 is 0 Å². The van der Waals surface area contributed by atoms with E-state index in [1.165, 1.54) is 0 Å². The second-order valence-corrected chi connectivity index (χ2v) is 3.18. The van der Waals surface area contributed by atoms with E-state index >= 15 is 0 Å². The number of hydrogen-bond acceptors (Lipinski definition) is 1. The van der Waals surface area contributed by atoms with E-state index in [0.29, 0.717) is 0 Å². The fraction of sp³-hybridized carbons (Fsp3) is 1.00. The Balaban J connectivity index is 2.26. The lowest BCUT2D eigenvalue weighted by molar-refractivity contribution is -0.128. The largest absolute Gasteiger partial charge is 0.396 e. The van der Waals surface area contributed by atoms with Crippen molar-refractivity contribution < 1.29 is 13.9 Å². The molecular formula is C7H12F2O. The van der Waals surface area contributed by atoms with Crippen LogP contribution in [-0.4, -0.2) is 17.6 Å². The summed E-state index contributed by atoms with van der Waals surface area (Å²) < 4.78 is 24.4. The van der Waals surface area contributed by atoms with Crippen LogP contribution >= 0.6 is 0 Å². The molecule has 0 unspecified atom stereocenters. The van der Waals surface area contributed by atoms with Gasteiger partial charge in [-0.05, 0) is 11.8 Å². The van der Waals surface area contributed by atoms with Gasteiger partial charge in [0.2, 0.25) is 5.92 Å². The molecule has 1 rings (SSSR count). The molecule has 1 saturated carbocycles. The molecule has 60 valence electrons. The Morgan fingerprint density at radius 1 is 1.60 bits per heavy atom. The number of rotatable bonds is 2. The van der Waals surface area contributed by atoms with E-state index < -0.39 is 5.92 Å². The van der Waals surface area contributed by atoms with Gasteiger partial charge in [0.15, 0.2) is 0 Å². The highest BCUT2D eigenvalue weighted by Crippen LogP contribution is 2.45. The Kier molecular flexibility index (Phi) is 1.95. The van der Waals surface area contributed by atoms with Crippen LogP contribution < -0.4 is 0 Å². The fourth-order valence-electron chi connectivity index (χ4n) is 1.26. The van der Waals surface area contributed by atoms with Crippen molar-refractivity contribution in [3.05, 3.63) is 0 Å². The summed E-state index contributed by atoms with van der Waals surface area (Å²) in [4.78, 5) is 0. The van der Waals surface area contributed by atoms with Crippen LogP contribution in [0.4, 0.5) is 8.78 Å². The summed E-state index contributed by atoms with van der Waals surface area (Å²) in [7, 11) is 0. The zero-order valence-corrected chi connectivity index (χ0v) is 5.98. The highest BCUT2D eigenvalue weighted by molar-refractivity contribution is 4.88. The maximum Gasteiger partial charge on any atom is 0.248 e. The Morgan fingerprint density at radius 2 is 2.10 bits per heavy atom. The Hall–Kier alpha value is -0.180. The van der Waals surface area contributed by atoms with Gasteiger partial charge in [0.1, 0.15) is 0 Å². The van der Waals surface area contributed by atoms with Crippen molar-refractivity contribution in [2.45, 2.75) is 25.7 Å². The first kappa shape index (κ1) is 7.92. The number of hydrogen-bond donors (Lipinski definition) is 1. The van der Waals surface area contributed by atoms with E-state index in [4.69, 9.17) is 5.11 Å². The average molecular weight is 150 g/mol. The van der Waals surface area contributed by atoms with Crippen LogP contribution in [0.15, 0.2) is 0 Å². The number of aliphatic hydroxyl groups is 1. The highest BCUT2D eigenvalue weighted by Gasteiger charge is 2.46. The van der Waals surface area contributed by atoms with Crippen molar-refractivity contribution in [1.29, 1.82) is 0 Å². The molecule has 0 aromatic rings. The van der Waals surface area contributed by atoms with Crippen LogP contribution in [-0.2, 0) is 0 Å². The van der Waals surface area contributed by atoms with Crippen LogP contribution in [0.2, 0.25) is 0 Å². The Bertz CT molecular complexity index is 117. The molecule has 1 aliphatic rings. The minimum atomic E-state index is -2.44. The molecule has 0 aromatic carbocycles. The molecule has 0 heterocycles. The van der Waals surface area contributed by atoms with Gasteiger partial charge in [0, 0.05) is 19.4 Å². The maximum atomic E-state index is 12.2. The molecule has 1 fully saturated rings. The van der Waals surface area contributed by atoms with E-state index in [2.05, 4.69) is 0 Å². The summed E-state index contributed by atoms with van der Waals surface area (Å²) in [6, 6.07) is 0. The van der Waals surface area contributed by atoms with Gasteiger partial charge in [-0.25, -0.2) is 8.78 Å². The lowest BCUT2D eigenvalue weighted by Gasteiger charge is -2.38. The average Bonchev–Trinajstić information content (AvgIpc) is 1.81. The van der Waals surface area contributed by atoms with Gasteiger partial charge in [-0.2, -0.15) is 0 Å². The van der Waals surface area contributed by atoms with Gasteiger partial charge in [-0.1, -0.05) is 6.92 Å². The van der Waals surface area contributed by atoms with E-state index in [9.17, 15) is 8.78 Å². The first-order valence-corrected chi connectivity index (χ1v) is 3.54. The first-order chi connectivity index (χ1) is 4.55. The molecule has 0 spiro atoms. The molecule has 0 amide bonds. The minimum Gasteiger partial charge on any atom is -0.396 e. The molecule has 0 aliphatic heterocycles. The van der Waals surface area contributed by atoms with E-state index in [-0.39, 0.29) is 31.3 Å². The molecular weight excluding hydrogens is 138 g/mol. The molecule has 0 saturated heterocycles. The van der Waals surface area contributed by atoms with Gasteiger partial charge in [0.05, 0.1) is 0 Å². The van der Waals surface area contributed by atoms with E-state index in [1.54, 1.807) is 6.92 Å². The number of halogens is 2. The zero-order chi connectivity index (χ0) is 7.78. The fourth-order valence-corrected chi connectivity index (χ4v) is 1.26. The normalized spacial score (nSPS) is 27.6. The van der Waals surface area contributed by atoms with Crippen LogP contribution in [0.3, 0.4) is 0 Å². The quantitative estimate of drug-likeness (QED) is 0.634. The van der Waals surface area contributed by atoms with Crippen LogP contribution in [0.1, 0.15) is 19.8 Å². The second-order valence-electron chi connectivity index (χ2n) is 3.18. The summed E-state index contributed by atoms with van der Waals surface area (Å²) in [5.41, 5.74) is 0. The number of alkyl halides is 2. The third kappa shape index (κ3) is 1.45. The van der Waals surface area contributed by atoms with Crippen molar-refractivity contribution in [3.8, 4) is 0 Å². The second kappa shape index (κ2) is 2.46. The molecule has 1 N–H and O–H groups in total. The molecule has 1 aliphatic carbocycles. The summed E-state index contributed by atoms with van der Waals surface area (Å²) in [6.45, 7) is 1.83. The molecule has 10 heavy (non-hydrogen) atoms. The monoisotopic (exact) mass is 150 g/mol. The van der Waals surface area contributed by atoms with Crippen LogP contribution in [0, 0.1) is 11.8 Å². The SMILES string of the molecule is C[C@@H](CO)C1CC(F)(F)C1. The summed E-state index contributed by atoms with van der Waals surface area (Å²) in [6.07, 6.45) is -0.0660. The highest BCUT2D eigenvalue weighted by atomic mass is 19.3. The minimum absolute atomic E-state index is 0.0285. The Labute approximate surface area is 59.0 Å². The van der Waals surface area contributed by atoms with E-state index in [1.807, 2.05) is 0 Å². The molecule has 0 bridgehead atoms. The third-order valence-electron chi connectivity index (χ3n) is 2.21. The summed E-state index contributed by atoms with van der Waals surface area (Å²) in [5.74, 6) is -2.35. The molecule has 3 heteroatoms. The Morgan fingerprint density at radius 3 is 2.40 bits per heavy atom. The van der Waals surface area contributed by atoms with Crippen molar-refractivity contribution in [1.82, 2.24) is 0 Å². The molecule has 0 aromatic heterocycles. The molecule has 1 atom stereocenters. The van der Waals surface area contributed by atoms with Crippen LogP contribution in [0.25, 0.3) is 0 Å². The molecule has 1 nitrogen and oxygen atoms in total. The van der Waals surface area contributed by atoms with Crippen molar-refractivity contribution in [2.24, 2.45) is 11.8 Å². The first-order valence-electron chi connectivity index (χ1n) is 3.54. The van der Waals surface area contributed by atoms with Crippen molar-refractivity contribution >= 4 is 0 Å². The summed E-state index contributed by atoms with van der Waals surface area (Å²) in [5, 5.41) is 8.60. The molecule has 0 radical (unpaired) electrons. The summed E-state index contributed by atoms with van der Waals surface area (Å²) >= 11 is 0. The van der Waals surface area contributed by atoms with Crippen molar-refractivity contribution in [3.63, 3.8) is 0 Å². The van der Waals surface area contributed by atoms with Gasteiger partial charge in [-0.3, -0.25) is 0 Å². The zero-order valence-electron chi connectivity index (χ0n) is 5.98. The van der Waals surface area contributed by atoms with Gasteiger partial charge < -0.3 is 5.11 Å². The lowest BCUT2D eigenvalue weighted by atomic mass is 9.74. The van der Waals surface area contributed by atoms with E-state index in [0.717, 1.165) is 0 Å². The lowest BCUT2D eigenvalue weighted by Crippen LogP contribution is -2.39. The standard InChI is InChI=1S/C7H12F2O/c1-5(4-10)6-2-7(8,9)3-6/h5-6,10H,2-4H2,1H3/t5-/m0/s1. The van der Waals surface area contributed by atoms with Crippen molar-refractivity contribution in [2.75, 3.05) is 6.61 Å².